The average molecular weight is 280 g/mol. The number of benzene rings is 1. The Morgan fingerprint density at radius 1 is 1.37 bits per heavy atom. The maximum atomic E-state index is 12.0. The van der Waals surface area contributed by atoms with E-state index in [-0.39, 0.29) is 11.7 Å². The smallest absolute Gasteiger partial charge is 0.291 e. The third kappa shape index (κ3) is 3.16. The maximum Gasteiger partial charge on any atom is 0.291 e. The number of hydrogen-bond acceptors (Lipinski definition) is 3. The van der Waals surface area contributed by atoms with E-state index in [1.54, 1.807) is 37.4 Å². The second-order valence-corrected chi connectivity index (χ2v) is 4.47. The Labute approximate surface area is 116 Å². The molecule has 1 aromatic heterocycles. The van der Waals surface area contributed by atoms with Crippen LogP contribution in [0.5, 0.6) is 0 Å². The topological polar surface area (TPSA) is 51.5 Å². The first-order valence-corrected chi connectivity index (χ1v) is 6.13. The fourth-order valence-corrected chi connectivity index (χ4v) is 1.82. The average Bonchev–Trinajstić information content (AvgIpc) is 2.84. The zero-order chi connectivity index (χ0) is 13.8. The molecule has 0 aliphatic carbocycles. The lowest BCUT2D eigenvalue weighted by atomic mass is 10.2. The van der Waals surface area contributed by atoms with Crippen LogP contribution in [-0.4, -0.2) is 13.0 Å². The Bertz CT molecular complexity index is 592. The van der Waals surface area contributed by atoms with Gasteiger partial charge >= 0.3 is 0 Å². The molecule has 2 aromatic rings. The second-order valence-electron chi connectivity index (χ2n) is 4.07. The van der Waals surface area contributed by atoms with Gasteiger partial charge in [0.25, 0.3) is 5.91 Å². The summed E-state index contributed by atoms with van der Waals surface area (Å²) >= 11 is 6.00. The van der Waals surface area contributed by atoms with Gasteiger partial charge in [0, 0.05) is 17.8 Å². The summed E-state index contributed by atoms with van der Waals surface area (Å²) in [5.74, 6) is 0.537. The molecule has 0 unspecified atom stereocenters. The second kappa shape index (κ2) is 5.91. The van der Waals surface area contributed by atoms with Crippen LogP contribution in [0.1, 0.15) is 21.9 Å². The van der Waals surface area contributed by atoms with Crippen molar-refractivity contribution in [1.29, 1.82) is 0 Å². The molecule has 0 saturated carbocycles. The lowest BCUT2D eigenvalue weighted by Gasteiger charge is -2.08. The Morgan fingerprint density at radius 3 is 2.89 bits per heavy atom. The predicted molar refractivity (Wildman–Crippen MR) is 73.6 cm³/mol. The molecule has 2 rings (SSSR count). The number of amides is 1. The molecule has 1 amide bonds. The van der Waals surface area contributed by atoms with Crippen LogP contribution in [-0.2, 0) is 11.3 Å². The summed E-state index contributed by atoms with van der Waals surface area (Å²) in [6, 6.07) is 8.67. The molecule has 1 heterocycles. The van der Waals surface area contributed by atoms with E-state index >= 15 is 0 Å². The standard InChI is InChI=1S/C14H14ClNO3/c1-9-11(15)4-3-5-12(9)16-14(17)13-7-6-10(19-13)8-18-2/h3-7H,8H2,1-2H3,(H,16,17). The minimum Gasteiger partial charge on any atom is -0.453 e. The van der Waals surface area contributed by atoms with Crippen molar-refractivity contribution in [2.45, 2.75) is 13.5 Å². The van der Waals surface area contributed by atoms with E-state index in [0.717, 1.165) is 5.56 Å². The summed E-state index contributed by atoms with van der Waals surface area (Å²) in [4.78, 5) is 12.0. The summed E-state index contributed by atoms with van der Waals surface area (Å²) in [5, 5.41) is 3.37. The van der Waals surface area contributed by atoms with Crippen LogP contribution in [0.4, 0.5) is 5.69 Å². The third-order valence-electron chi connectivity index (χ3n) is 2.69. The molecule has 0 saturated heterocycles. The summed E-state index contributed by atoms with van der Waals surface area (Å²) in [6.07, 6.45) is 0. The number of furan rings is 1. The molecule has 1 aromatic carbocycles. The Balaban J connectivity index is 2.14. The lowest BCUT2D eigenvalue weighted by Crippen LogP contribution is -2.11. The number of halogens is 1. The molecular weight excluding hydrogens is 266 g/mol. The van der Waals surface area contributed by atoms with Crippen LogP contribution >= 0.6 is 11.6 Å². The van der Waals surface area contributed by atoms with Crippen molar-refractivity contribution in [3.05, 3.63) is 52.4 Å². The summed E-state index contributed by atoms with van der Waals surface area (Å²) in [5.41, 5.74) is 1.49. The Kier molecular flexibility index (Phi) is 4.24. The molecule has 100 valence electrons. The van der Waals surface area contributed by atoms with Gasteiger partial charge in [0.2, 0.25) is 0 Å². The van der Waals surface area contributed by atoms with Crippen molar-refractivity contribution in [3.63, 3.8) is 0 Å². The van der Waals surface area contributed by atoms with E-state index in [1.165, 1.54) is 0 Å². The van der Waals surface area contributed by atoms with Crippen molar-refractivity contribution in [1.82, 2.24) is 0 Å². The first-order valence-electron chi connectivity index (χ1n) is 5.76. The third-order valence-corrected chi connectivity index (χ3v) is 3.10. The van der Waals surface area contributed by atoms with Crippen molar-refractivity contribution in [2.75, 3.05) is 12.4 Å². The van der Waals surface area contributed by atoms with Gasteiger partial charge in [-0.1, -0.05) is 17.7 Å². The van der Waals surface area contributed by atoms with E-state index in [9.17, 15) is 4.79 Å². The van der Waals surface area contributed by atoms with Gasteiger partial charge < -0.3 is 14.5 Å². The molecule has 0 spiro atoms. The van der Waals surface area contributed by atoms with E-state index in [0.29, 0.717) is 23.1 Å². The molecule has 4 nitrogen and oxygen atoms in total. The summed E-state index contributed by atoms with van der Waals surface area (Å²) in [7, 11) is 1.57. The molecule has 0 fully saturated rings. The predicted octanol–water partition coefficient (Wildman–Crippen LogP) is 3.64. The highest BCUT2D eigenvalue weighted by Gasteiger charge is 2.13. The van der Waals surface area contributed by atoms with Crippen molar-refractivity contribution in [3.8, 4) is 0 Å². The van der Waals surface area contributed by atoms with E-state index in [1.807, 2.05) is 6.92 Å². The first kappa shape index (κ1) is 13.6. The molecule has 0 aliphatic rings. The number of carbonyl (C=O) groups excluding carboxylic acids is 1. The van der Waals surface area contributed by atoms with Gasteiger partial charge in [0.1, 0.15) is 12.4 Å². The number of carbonyl (C=O) groups is 1. The van der Waals surface area contributed by atoms with Gasteiger partial charge in [-0.15, -0.1) is 0 Å². The van der Waals surface area contributed by atoms with Crippen LogP contribution in [0.15, 0.2) is 34.7 Å². The molecule has 1 N–H and O–H groups in total. The van der Waals surface area contributed by atoms with Crippen molar-refractivity contribution in [2.24, 2.45) is 0 Å². The number of ether oxygens (including phenoxy) is 1. The van der Waals surface area contributed by atoms with Crippen LogP contribution in [0, 0.1) is 6.92 Å². The number of anilines is 1. The minimum atomic E-state index is -0.312. The molecule has 0 aliphatic heterocycles. The maximum absolute atomic E-state index is 12.0. The van der Waals surface area contributed by atoms with Gasteiger partial charge in [-0.3, -0.25) is 4.79 Å². The lowest BCUT2D eigenvalue weighted by molar-refractivity contribution is 0.0987. The van der Waals surface area contributed by atoms with Gasteiger partial charge in [0.05, 0.1) is 0 Å². The van der Waals surface area contributed by atoms with Gasteiger partial charge in [-0.25, -0.2) is 0 Å². The minimum absolute atomic E-state index is 0.242. The highest BCUT2D eigenvalue weighted by Crippen LogP contribution is 2.23. The zero-order valence-corrected chi connectivity index (χ0v) is 11.5. The summed E-state index contributed by atoms with van der Waals surface area (Å²) < 4.78 is 10.3. The van der Waals surface area contributed by atoms with Gasteiger partial charge in [-0.2, -0.15) is 0 Å². The molecule has 5 heteroatoms. The fourth-order valence-electron chi connectivity index (χ4n) is 1.65. The Hall–Kier alpha value is -1.78. The van der Waals surface area contributed by atoms with Crippen LogP contribution in [0.25, 0.3) is 0 Å². The van der Waals surface area contributed by atoms with Crippen molar-refractivity contribution >= 4 is 23.2 Å². The molecule has 0 atom stereocenters. The Morgan fingerprint density at radius 2 is 2.16 bits per heavy atom. The normalized spacial score (nSPS) is 10.5. The van der Waals surface area contributed by atoms with Crippen molar-refractivity contribution < 1.29 is 13.9 Å². The van der Waals surface area contributed by atoms with Crippen LogP contribution < -0.4 is 5.32 Å². The highest BCUT2D eigenvalue weighted by atomic mass is 35.5. The van der Waals surface area contributed by atoms with Crippen LogP contribution in [0.3, 0.4) is 0 Å². The largest absolute Gasteiger partial charge is 0.453 e. The van der Waals surface area contributed by atoms with E-state index < -0.39 is 0 Å². The van der Waals surface area contributed by atoms with Crippen LogP contribution in [0.2, 0.25) is 5.02 Å². The highest BCUT2D eigenvalue weighted by molar-refractivity contribution is 6.31. The monoisotopic (exact) mass is 279 g/mol. The van der Waals surface area contributed by atoms with Gasteiger partial charge in [-0.05, 0) is 36.8 Å². The fraction of sp³-hybridized carbons (Fsp3) is 0.214. The summed E-state index contributed by atoms with van der Waals surface area (Å²) in [6.45, 7) is 2.18. The number of rotatable bonds is 4. The molecule has 0 bridgehead atoms. The van der Waals surface area contributed by atoms with E-state index in [4.69, 9.17) is 20.8 Å². The first-order chi connectivity index (χ1) is 9.11. The number of nitrogens with one attached hydrogen (secondary N) is 1. The van der Waals surface area contributed by atoms with Gasteiger partial charge in [0.15, 0.2) is 5.76 Å². The molecular formula is C14H14ClNO3. The SMILES string of the molecule is COCc1ccc(C(=O)Nc2cccc(Cl)c2C)o1. The zero-order valence-electron chi connectivity index (χ0n) is 10.7. The number of methoxy groups -OCH3 is 1. The molecule has 0 radical (unpaired) electrons. The number of hydrogen-bond donors (Lipinski definition) is 1. The molecule has 19 heavy (non-hydrogen) atoms. The quantitative estimate of drug-likeness (QED) is 0.929. The van der Waals surface area contributed by atoms with E-state index in [2.05, 4.69) is 5.32 Å².